The quantitative estimate of drug-likeness (QED) is 0.877. The Morgan fingerprint density at radius 3 is 2.58 bits per heavy atom. The first kappa shape index (κ1) is 15.8. The summed E-state index contributed by atoms with van der Waals surface area (Å²) in [5, 5.41) is 6.50. The fourth-order valence-electron chi connectivity index (χ4n) is 4.40. The van der Waals surface area contributed by atoms with Crippen LogP contribution in [0.5, 0.6) is 0 Å². The summed E-state index contributed by atoms with van der Waals surface area (Å²) in [4.78, 5) is 17.3. The van der Waals surface area contributed by atoms with Crippen molar-refractivity contribution in [2.45, 2.75) is 50.6 Å². The van der Waals surface area contributed by atoms with Crippen LogP contribution in [0.4, 0.5) is 16.2 Å². The van der Waals surface area contributed by atoms with Crippen LogP contribution in [0.15, 0.2) is 24.3 Å². The van der Waals surface area contributed by atoms with E-state index in [9.17, 15) is 4.79 Å². The Morgan fingerprint density at radius 1 is 1.04 bits per heavy atom. The zero-order valence-electron chi connectivity index (χ0n) is 14.3. The smallest absolute Gasteiger partial charge is 0.322 e. The SMILES string of the molecule is O=C(NC1CCNC1)N1CCN(C2CCCCC2)c2ccccc21. The van der Waals surface area contributed by atoms with Gasteiger partial charge in [-0.2, -0.15) is 0 Å². The zero-order chi connectivity index (χ0) is 16.4. The molecular formula is C19H28N4O. The van der Waals surface area contributed by atoms with Crippen LogP contribution in [-0.2, 0) is 0 Å². The standard InChI is InChI=1S/C19H28N4O/c24-19(21-15-10-11-20-14-15)23-13-12-22(16-6-2-1-3-7-16)17-8-4-5-9-18(17)23/h4-5,8-9,15-16,20H,1-3,6-7,10-14H2,(H,21,24). The average molecular weight is 328 g/mol. The summed E-state index contributed by atoms with van der Waals surface area (Å²) in [6.07, 6.45) is 7.64. The van der Waals surface area contributed by atoms with Gasteiger partial charge < -0.3 is 15.5 Å². The van der Waals surface area contributed by atoms with E-state index >= 15 is 0 Å². The van der Waals surface area contributed by atoms with Crippen molar-refractivity contribution in [1.29, 1.82) is 0 Å². The molecule has 2 heterocycles. The minimum absolute atomic E-state index is 0.0550. The highest BCUT2D eigenvalue weighted by Crippen LogP contribution is 2.37. The summed E-state index contributed by atoms with van der Waals surface area (Å²) in [7, 11) is 0. The van der Waals surface area contributed by atoms with Crippen LogP contribution in [0.1, 0.15) is 38.5 Å². The molecule has 4 rings (SSSR count). The number of benzene rings is 1. The van der Waals surface area contributed by atoms with Gasteiger partial charge in [0.25, 0.3) is 0 Å². The van der Waals surface area contributed by atoms with E-state index in [0.29, 0.717) is 6.04 Å². The van der Waals surface area contributed by atoms with Crippen LogP contribution in [0, 0.1) is 0 Å². The molecule has 0 spiro atoms. The van der Waals surface area contributed by atoms with Crippen LogP contribution in [0.3, 0.4) is 0 Å². The van der Waals surface area contributed by atoms with Crippen LogP contribution in [0.2, 0.25) is 0 Å². The number of nitrogens with one attached hydrogen (secondary N) is 2. The second-order valence-corrected chi connectivity index (χ2v) is 7.26. The molecule has 130 valence electrons. The molecule has 3 aliphatic rings. The Kier molecular flexibility index (Phi) is 4.60. The molecule has 2 aliphatic heterocycles. The Balaban J connectivity index is 1.53. The van der Waals surface area contributed by atoms with E-state index < -0.39 is 0 Å². The number of carbonyl (C=O) groups excluding carboxylic acids is 1. The van der Waals surface area contributed by atoms with Gasteiger partial charge in [0, 0.05) is 31.7 Å². The molecule has 5 heteroatoms. The normalized spacial score (nSPS) is 24.8. The van der Waals surface area contributed by atoms with Crippen molar-refractivity contribution in [2.75, 3.05) is 36.0 Å². The molecule has 5 nitrogen and oxygen atoms in total. The molecule has 0 radical (unpaired) electrons. The van der Waals surface area contributed by atoms with Gasteiger partial charge in [-0.1, -0.05) is 31.4 Å². The van der Waals surface area contributed by atoms with Gasteiger partial charge in [0.05, 0.1) is 11.4 Å². The fourth-order valence-corrected chi connectivity index (χ4v) is 4.40. The summed E-state index contributed by atoms with van der Waals surface area (Å²) in [5.74, 6) is 0. The van der Waals surface area contributed by atoms with Crippen molar-refractivity contribution in [1.82, 2.24) is 10.6 Å². The van der Waals surface area contributed by atoms with E-state index in [1.54, 1.807) is 0 Å². The van der Waals surface area contributed by atoms with Crippen molar-refractivity contribution in [2.24, 2.45) is 0 Å². The third-order valence-electron chi connectivity index (χ3n) is 5.69. The second-order valence-electron chi connectivity index (χ2n) is 7.26. The van der Waals surface area contributed by atoms with E-state index in [0.717, 1.165) is 38.3 Å². The number of amides is 2. The Hall–Kier alpha value is -1.75. The van der Waals surface area contributed by atoms with Gasteiger partial charge in [0.2, 0.25) is 0 Å². The number of anilines is 2. The minimum atomic E-state index is 0.0550. The van der Waals surface area contributed by atoms with E-state index in [2.05, 4.69) is 33.7 Å². The minimum Gasteiger partial charge on any atom is -0.365 e. The topological polar surface area (TPSA) is 47.6 Å². The summed E-state index contributed by atoms with van der Waals surface area (Å²) in [6.45, 7) is 3.60. The molecule has 1 unspecified atom stereocenters. The third kappa shape index (κ3) is 3.09. The van der Waals surface area contributed by atoms with Gasteiger partial charge in [-0.25, -0.2) is 4.79 Å². The van der Waals surface area contributed by atoms with Crippen molar-refractivity contribution < 1.29 is 4.79 Å². The molecule has 1 saturated heterocycles. The first-order valence-corrected chi connectivity index (χ1v) is 9.47. The maximum absolute atomic E-state index is 12.8. The van der Waals surface area contributed by atoms with Crippen molar-refractivity contribution >= 4 is 17.4 Å². The predicted molar refractivity (Wildman–Crippen MR) is 97.8 cm³/mol. The largest absolute Gasteiger partial charge is 0.365 e. The molecule has 24 heavy (non-hydrogen) atoms. The molecule has 1 saturated carbocycles. The lowest BCUT2D eigenvalue weighted by Gasteiger charge is -2.43. The lowest BCUT2D eigenvalue weighted by atomic mass is 9.93. The number of para-hydroxylation sites is 2. The molecule has 2 fully saturated rings. The third-order valence-corrected chi connectivity index (χ3v) is 5.69. The fraction of sp³-hybridized carbons (Fsp3) is 0.632. The van der Waals surface area contributed by atoms with Crippen molar-refractivity contribution in [3.05, 3.63) is 24.3 Å². The molecular weight excluding hydrogens is 300 g/mol. The van der Waals surface area contributed by atoms with E-state index in [4.69, 9.17) is 0 Å². The highest BCUT2D eigenvalue weighted by Gasteiger charge is 2.31. The first-order chi connectivity index (χ1) is 11.8. The van der Waals surface area contributed by atoms with E-state index in [1.165, 1.54) is 37.8 Å². The molecule has 2 N–H and O–H groups in total. The molecule has 2 amide bonds. The number of urea groups is 1. The van der Waals surface area contributed by atoms with Crippen LogP contribution < -0.4 is 20.4 Å². The molecule has 1 aromatic carbocycles. The lowest BCUT2D eigenvalue weighted by Crippen LogP contribution is -2.53. The summed E-state index contributed by atoms with van der Waals surface area (Å²) in [5.41, 5.74) is 2.30. The van der Waals surface area contributed by atoms with Gasteiger partial charge in [-0.15, -0.1) is 0 Å². The van der Waals surface area contributed by atoms with E-state index in [1.807, 2.05) is 11.0 Å². The number of fused-ring (bicyclic) bond motifs is 1. The molecule has 1 aromatic rings. The number of nitrogens with zero attached hydrogens (tertiary/aromatic N) is 2. The van der Waals surface area contributed by atoms with Crippen LogP contribution >= 0.6 is 0 Å². The van der Waals surface area contributed by atoms with Crippen LogP contribution in [0.25, 0.3) is 0 Å². The highest BCUT2D eigenvalue weighted by atomic mass is 16.2. The molecule has 0 aromatic heterocycles. The highest BCUT2D eigenvalue weighted by molar-refractivity contribution is 5.97. The monoisotopic (exact) mass is 328 g/mol. The Bertz CT molecular complexity index is 578. The molecule has 1 aliphatic carbocycles. The van der Waals surface area contributed by atoms with Crippen LogP contribution in [-0.4, -0.2) is 44.3 Å². The summed E-state index contributed by atoms with van der Waals surface area (Å²) >= 11 is 0. The molecule has 0 bridgehead atoms. The number of rotatable bonds is 2. The van der Waals surface area contributed by atoms with Gasteiger partial charge >= 0.3 is 6.03 Å². The van der Waals surface area contributed by atoms with Crippen molar-refractivity contribution in [3.8, 4) is 0 Å². The molecule has 1 atom stereocenters. The number of carbonyl (C=O) groups is 1. The first-order valence-electron chi connectivity index (χ1n) is 9.47. The summed E-state index contributed by atoms with van der Waals surface area (Å²) < 4.78 is 0. The Morgan fingerprint density at radius 2 is 1.83 bits per heavy atom. The number of hydrogen-bond acceptors (Lipinski definition) is 3. The average Bonchev–Trinajstić information content (AvgIpc) is 3.14. The van der Waals surface area contributed by atoms with Gasteiger partial charge in [-0.3, -0.25) is 4.90 Å². The number of hydrogen-bond donors (Lipinski definition) is 2. The van der Waals surface area contributed by atoms with Crippen molar-refractivity contribution in [3.63, 3.8) is 0 Å². The maximum Gasteiger partial charge on any atom is 0.322 e. The van der Waals surface area contributed by atoms with Gasteiger partial charge in [0.1, 0.15) is 0 Å². The second kappa shape index (κ2) is 7.01. The lowest BCUT2D eigenvalue weighted by molar-refractivity contribution is 0.243. The predicted octanol–water partition coefficient (Wildman–Crippen LogP) is 2.72. The van der Waals surface area contributed by atoms with E-state index in [-0.39, 0.29) is 12.1 Å². The van der Waals surface area contributed by atoms with Gasteiger partial charge in [-0.05, 0) is 37.9 Å². The van der Waals surface area contributed by atoms with Gasteiger partial charge in [0.15, 0.2) is 0 Å². The summed E-state index contributed by atoms with van der Waals surface area (Å²) in [6, 6.07) is 9.37. The zero-order valence-corrected chi connectivity index (χ0v) is 14.3. The Labute approximate surface area is 144 Å². The maximum atomic E-state index is 12.8.